The van der Waals surface area contributed by atoms with E-state index in [1.807, 2.05) is 30.0 Å². The van der Waals surface area contributed by atoms with Crippen molar-refractivity contribution in [1.82, 2.24) is 4.90 Å². The molecule has 1 aromatic carbocycles. The average Bonchev–Trinajstić information content (AvgIpc) is 3.20. The van der Waals surface area contributed by atoms with Gasteiger partial charge in [0.2, 0.25) is 6.79 Å². The van der Waals surface area contributed by atoms with Crippen molar-refractivity contribution in [3.63, 3.8) is 0 Å². The first-order valence-corrected chi connectivity index (χ1v) is 9.85. The molecule has 0 atom stereocenters. The highest BCUT2D eigenvalue weighted by Gasteiger charge is 2.21. The van der Waals surface area contributed by atoms with Gasteiger partial charge in [0.15, 0.2) is 11.5 Å². The third kappa shape index (κ3) is 3.38. The van der Waals surface area contributed by atoms with Crippen LogP contribution in [0.5, 0.6) is 11.5 Å². The van der Waals surface area contributed by atoms with Crippen molar-refractivity contribution >= 4 is 17.2 Å². The molecule has 0 saturated carbocycles. The molecule has 0 fully saturated rings. The van der Waals surface area contributed by atoms with Gasteiger partial charge in [-0.3, -0.25) is 4.79 Å². The van der Waals surface area contributed by atoms with Gasteiger partial charge >= 0.3 is 0 Å². The van der Waals surface area contributed by atoms with E-state index in [4.69, 9.17) is 9.47 Å². The highest BCUT2D eigenvalue weighted by molar-refractivity contribution is 7.14. The summed E-state index contributed by atoms with van der Waals surface area (Å²) in [6.45, 7) is 3.59. The Morgan fingerprint density at radius 1 is 1.12 bits per heavy atom. The number of amides is 1. The van der Waals surface area contributed by atoms with Gasteiger partial charge < -0.3 is 14.4 Å². The van der Waals surface area contributed by atoms with Gasteiger partial charge in [0.25, 0.3) is 5.91 Å². The Kier molecular flexibility index (Phi) is 4.66. The van der Waals surface area contributed by atoms with Crippen LogP contribution < -0.4 is 9.47 Å². The Morgan fingerprint density at radius 3 is 2.84 bits per heavy atom. The van der Waals surface area contributed by atoms with Gasteiger partial charge in [0.1, 0.15) is 0 Å². The molecule has 0 spiro atoms. The predicted octanol–water partition coefficient (Wildman–Crippen LogP) is 4.41. The third-order valence-electron chi connectivity index (χ3n) is 4.94. The third-order valence-corrected chi connectivity index (χ3v) is 6.16. The summed E-state index contributed by atoms with van der Waals surface area (Å²) in [6, 6.07) is 8.04. The lowest BCUT2D eigenvalue weighted by atomic mass is 10.1. The van der Waals surface area contributed by atoms with Crippen molar-refractivity contribution in [2.24, 2.45) is 0 Å². The van der Waals surface area contributed by atoms with Crippen molar-refractivity contribution in [2.75, 3.05) is 13.3 Å². The second kappa shape index (κ2) is 7.08. The lowest BCUT2D eigenvalue weighted by molar-refractivity contribution is 0.0757. The number of rotatable bonds is 4. The summed E-state index contributed by atoms with van der Waals surface area (Å²) < 4.78 is 10.8. The van der Waals surface area contributed by atoms with E-state index >= 15 is 0 Å². The van der Waals surface area contributed by atoms with Crippen molar-refractivity contribution in [1.29, 1.82) is 0 Å². The topological polar surface area (TPSA) is 38.8 Å². The number of nitrogens with zero attached hydrogens (tertiary/aromatic N) is 1. The van der Waals surface area contributed by atoms with E-state index in [9.17, 15) is 4.79 Å². The van der Waals surface area contributed by atoms with E-state index in [0.29, 0.717) is 13.1 Å². The Balaban J connectivity index is 1.51. The maximum Gasteiger partial charge on any atom is 0.264 e. The highest BCUT2D eigenvalue weighted by atomic mass is 32.1. The van der Waals surface area contributed by atoms with Crippen molar-refractivity contribution in [3.05, 3.63) is 45.1 Å². The molecule has 132 valence electrons. The first-order valence-electron chi connectivity index (χ1n) is 9.04. The second-order valence-corrected chi connectivity index (χ2v) is 7.76. The minimum Gasteiger partial charge on any atom is -0.454 e. The molecule has 5 heteroatoms. The number of aryl methyl sites for hydroxylation is 2. The SMILES string of the molecule is CCN(Cc1ccc2c(c1)OCO2)C(=O)c1cc2c(s1)CCCCC2. The normalized spacial score (nSPS) is 15.6. The van der Waals surface area contributed by atoms with Gasteiger partial charge in [-0.1, -0.05) is 12.5 Å². The zero-order chi connectivity index (χ0) is 17.2. The number of carbonyl (C=O) groups excluding carboxylic acids is 1. The van der Waals surface area contributed by atoms with Gasteiger partial charge in [0.05, 0.1) is 4.88 Å². The molecule has 0 saturated heterocycles. The van der Waals surface area contributed by atoms with Crippen LogP contribution in [0.2, 0.25) is 0 Å². The molecule has 0 N–H and O–H groups in total. The fourth-order valence-corrected chi connectivity index (χ4v) is 4.74. The van der Waals surface area contributed by atoms with E-state index in [2.05, 4.69) is 6.07 Å². The summed E-state index contributed by atoms with van der Waals surface area (Å²) in [6.07, 6.45) is 6.03. The van der Waals surface area contributed by atoms with Gasteiger partial charge in [-0.25, -0.2) is 0 Å². The molecule has 1 aromatic heterocycles. The number of carbonyl (C=O) groups is 1. The number of fused-ring (bicyclic) bond motifs is 2. The Labute approximate surface area is 152 Å². The Hall–Kier alpha value is -2.01. The van der Waals surface area contributed by atoms with Crippen LogP contribution in [0.15, 0.2) is 24.3 Å². The van der Waals surface area contributed by atoms with Crippen LogP contribution in [0.25, 0.3) is 0 Å². The number of ether oxygens (including phenoxy) is 2. The first-order chi connectivity index (χ1) is 12.2. The molecule has 2 heterocycles. The zero-order valence-corrected chi connectivity index (χ0v) is 15.4. The van der Waals surface area contributed by atoms with E-state index < -0.39 is 0 Å². The molecule has 1 aliphatic heterocycles. The van der Waals surface area contributed by atoms with Crippen LogP contribution in [-0.4, -0.2) is 24.1 Å². The molecule has 4 nitrogen and oxygen atoms in total. The van der Waals surface area contributed by atoms with Crippen molar-refractivity contribution in [2.45, 2.75) is 45.6 Å². The van der Waals surface area contributed by atoms with Gasteiger partial charge in [0, 0.05) is 18.0 Å². The standard InChI is InChI=1S/C20H23NO3S/c1-2-21(12-14-8-9-16-17(10-14)24-13-23-16)20(22)19-11-15-6-4-3-5-7-18(15)25-19/h8-11H,2-7,12-13H2,1H3. The van der Waals surface area contributed by atoms with Crippen LogP contribution in [0.1, 0.15) is 51.9 Å². The molecule has 25 heavy (non-hydrogen) atoms. The lowest BCUT2D eigenvalue weighted by Crippen LogP contribution is -2.29. The van der Waals surface area contributed by atoms with Crippen LogP contribution in [0.4, 0.5) is 0 Å². The van der Waals surface area contributed by atoms with Gasteiger partial charge in [-0.15, -0.1) is 11.3 Å². The number of hydrogen-bond donors (Lipinski definition) is 0. The summed E-state index contributed by atoms with van der Waals surface area (Å²) in [5.74, 6) is 1.68. The molecule has 2 aromatic rings. The van der Waals surface area contributed by atoms with E-state index in [-0.39, 0.29) is 12.7 Å². The van der Waals surface area contributed by atoms with Crippen LogP contribution >= 0.6 is 11.3 Å². The number of thiophene rings is 1. The van der Waals surface area contributed by atoms with Gasteiger partial charge in [-0.2, -0.15) is 0 Å². The molecule has 0 unspecified atom stereocenters. The highest BCUT2D eigenvalue weighted by Crippen LogP contribution is 2.33. The minimum atomic E-state index is 0.137. The van der Waals surface area contributed by atoms with Crippen LogP contribution in [0, 0.1) is 0 Å². The quantitative estimate of drug-likeness (QED) is 0.761. The summed E-state index contributed by atoms with van der Waals surface area (Å²) >= 11 is 1.70. The van der Waals surface area contributed by atoms with E-state index in [0.717, 1.165) is 34.8 Å². The minimum absolute atomic E-state index is 0.137. The lowest BCUT2D eigenvalue weighted by Gasteiger charge is -2.20. The van der Waals surface area contributed by atoms with E-state index in [1.54, 1.807) is 11.3 Å². The molecule has 2 aliphatic rings. The number of hydrogen-bond acceptors (Lipinski definition) is 4. The summed E-state index contributed by atoms with van der Waals surface area (Å²) in [5.41, 5.74) is 2.46. The first kappa shape index (κ1) is 16.5. The maximum atomic E-state index is 13.0. The Bertz CT molecular complexity index is 760. The summed E-state index contributed by atoms with van der Waals surface area (Å²) in [4.78, 5) is 17.2. The smallest absolute Gasteiger partial charge is 0.264 e. The molecular formula is C20H23NO3S. The molecule has 0 radical (unpaired) electrons. The molecule has 4 rings (SSSR count). The van der Waals surface area contributed by atoms with Crippen LogP contribution in [-0.2, 0) is 19.4 Å². The van der Waals surface area contributed by atoms with Crippen molar-refractivity contribution < 1.29 is 14.3 Å². The second-order valence-electron chi connectivity index (χ2n) is 6.63. The largest absolute Gasteiger partial charge is 0.454 e. The fraction of sp³-hybridized carbons (Fsp3) is 0.450. The Morgan fingerprint density at radius 2 is 1.96 bits per heavy atom. The monoisotopic (exact) mass is 357 g/mol. The average molecular weight is 357 g/mol. The van der Waals surface area contributed by atoms with Gasteiger partial charge in [-0.05, 0) is 61.9 Å². The van der Waals surface area contributed by atoms with Crippen LogP contribution in [0.3, 0.4) is 0 Å². The fourth-order valence-electron chi connectivity index (χ4n) is 3.52. The molecule has 0 bridgehead atoms. The van der Waals surface area contributed by atoms with Crippen molar-refractivity contribution in [3.8, 4) is 11.5 Å². The zero-order valence-electron chi connectivity index (χ0n) is 14.5. The molecule has 1 amide bonds. The molecule has 1 aliphatic carbocycles. The maximum absolute atomic E-state index is 13.0. The predicted molar refractivity (Wildman–Crippen MR) is 98.6 cm³/mol. The summed E-state index contributed by atoms with van der Waals surface area (Å²) in [5, 5.41) is 0. The summed E-state index contributed by atoms with van der Waals surface area (Å²) in [7, 11) is 0. The van der Waals surface area contributed by atoms with E-state index in [1.165, 1.54) is 29.7 Å². The molecular weight excluding hydrogens is 334 g/mol. The number of benzene rings is 1.